The van der Waals surface area contributed by atoms with Crippen LogP contribution < -0.4 is 0 Å². The number of fused-ring (bicyclic) bond motifs is 1. The molecule has 3 rings (SSSR count). The molecule has 2 nitrogen and oxygen atoms in total. The van der Waals surface area contributed by atoms with Gasteiger partial charge in [-0.3, -0.25) is 4.79 Å². The Kier molecular flexibility index (Phi) is 2.24. The van der Waals surface area contributed by atoms with E-state index >= 15 is 0 Å². The van der Waals surface area contributed by atoms with Crippen molar-refractivity contribution < 1.29 is 9.90 Å². The van der Waals surface area contributed by atoms with Gasteiger partial charge >= 0.3 is 5.97 Å². The SMILES string of the molecule is CC1C=C2C3CC(C1)CC3C2(C(=O)O)C(C)C. The van der Waals surface area contributed by atoms with Crippen LogP contribution in [-0.2, 0) is 4.79 Å². The summed E-state index contributed by atoms with van der Waals surface area (Å²) in [7, 11) is 0. The van der Waals surface area contributed by atoms with Gasteiger partial charge < -0.3 is 5.11 Å². The molecule has 2 heteroatoms. The van der Waals surface area contributed by atoms with E-state index in [9.17, 15) is 9.90 Å². The maximum atomic E-state index is 11.9. The number of rotatable bonds is 2. The van der Waals surface area contributed by atoms with Gasteiger partial charge in [-0.05, 0) is 48.9 Å². The van der Waals surface area contributed by atoms with E-state index < -0.39 is 11.4 Å². The lowest BCUT2D eigenvalue weighted by molar-refractivity contribution is -0.161. The average molecular weight is 234 g/mol. The lowest BCUT2D eigenvalue weighted by Crippen LogP contribution is -2.56. The number of carboxylic acid groups (broad SMARTS) is 1. The van der Waals surface area contributed by atoms with E-state index in [-0.39, 0.29) is 5.92 Å². The van der Waals surface area contributed by atoms with E-state index in [4.69, 9.17) is 0 Å². The van der Waals surface area contributed by atoms with Gasteiger partial charge in [-0.15, -0.1) is 0 Å². The Morgan fingerprint density at radius 2 is 2.12 bits per heavy atom. The zero-order valence-corrected chi connectivity index (χ0v) is 10.9. The molecule has 0 aromatic carbocycles. The predicted molar refractivity (Wildman–Crippen MR) is 66.5 cm³/mol. The Bertz CT molecular complexity index is 396. The van der Waals surface area contributed by atoms with Crippen molar-refractivity contribution in [3.05, 3.63) is 11.6 Å². The molecular weight excluding hydrogens is 212 g/mol. The van der Waals surface area contributed by atoms with Crippen LogP contribution in [0, 0.1) is 35.0 Å². The summed E-state index contributed by atoms with van der Waals surface area (Å²) in [5.41, 5.74) is 0.756. The van der Waals surface area contributed by atoms with Crippen molar-refractivity contribution in [2.24, 2.45) is 35.0 Å². The van der Waals surface area contributed by atoms with Gasteiger partial charge in [0.15, 0.2) is 0 Å². The third-order valence-corrected chi connectivity index (χ3v) is 5.56. The Hall–Kier alpha value is -0.790. The quantitative estimate of drug-likeness (QED) is 0.744. The molecule has 1 N–H and O–H groups in total. The number of hydrogen-bond acceptors (Lipinski definition) is 1. The first-order valence-corrected chi connectivity index (χ1v) is 6.93. The van der Waals surface area contributed by atoms with Gasteiger partial charge in [0.25, 0.3) is 0 Å². The van der Waals surface area contributed by atoms with Crippen LogP contribution in [0.1, 0.15) is 40.0 Å². The Labute approximate surface area is 103 Å². The fourth-order valence-corrected chi connectivity index (χ4v) is 5.06. The summed E-state index contributed by atoms with van der Waals surface area (Å²) in [6.45, 7) is 6.41. The Morgan fingerprint density at radius 3 is 2.71 bits per heavy atom. The summed E-state index contributed by atoms with van der Waals surface area (Å²) in [6.07, 6.45) is 5.97. The summed E-state index contributed by atoms with van der Waals surface area (Å²) in [5.74, 6) is 2.01. The predicted octanol–water partition coefficient (Wildman–Crippen LogP) is 3.34. The second-order valence-corrected chi connectivity index (χ2v) is 6.71. The second-order valence-electron chi connectivity index (χ2n) is 6.71. The van der Waals surface area contributed by atoms with Crippen LogP contribution in [0.2, 0.25) is 0 Å². The Balaban J connectivity index is 2.10. The molecule has 2 fully saturated rings. The molecule has 0 aromatic rings. The number of carbonyl (C=O) groups is 1. The third-order valence-electron chi connectivity index (χ3n) is 5.56. The van der Waals surface area contributed by atoms with E-state index in [0.717, 1.165) is 12.3 Å². The summed E-state index contributed by atoms with van der Waals surface area (Å²) in [5, 5.41) is 9.76. The highest BCUT2D eigenvalue weighted by Crippen LogP contribution is 2.69. The highest BCUT2D eigenvalue weighted by atomic mass is 16.4. The van der Waals surface area contributed by atoms with Gasteiger partial charge in [-0.25, -0.2) is 0 Å². The average Bonchev–Trinajstić information content (AvgIpc) is 2.45. The summed E-state index contributed by atoms with van der Waals surface area (Å²) in [6, 6.07) is 0. The molecule has 3 aliphatic rings. The molecule has 0 aliphatic heterocycles. The van der Waals surface area contributed by atoms with E-state index in [0.29, 0.717) is 17.8 Å². The molecule has 0 heterocycles. The third kappa shape index (κ3) is 1.19. The maximum absolute atomic E-state index is 11.9. The normalized spacial score (nSPS) is 47.4. The van der Waals surface area contributed by atoms with Crippen LogP contribution in [-0.4, -0.2) is 11.1 Å². The van der Waals surface area contributed by atoms with Crippen molar-refractivity contribution >= 4 is 5.97 Å². The van der Waals surface area contributed by atoms with Gasteiger partial charge in [0, 0.05) is 0 Å². The van der Waals surface area contributed by atoms with Gasteiger partial charge in [-0.2, -0.15) is 0 Å². The summed E-state index contributed by atoms with van der Waals surface area (Å²) >= 11 is 0. The second kappa shape index (κ2) is 3.37. The number of allylic oxidation sites excluding steroid dienone is 1. The lowest BCUT2D eigenvalue weighted by atomic mass is 9.46. The Morgan fingerprint density at radius 1 is 1.41 bits per heavy atom. The van der Waals surface area contributed by atoms with Crippen molar-refractivity contribution in [1.29, 1.82) is 0 Å². The molecule has 0 radical (unpaired) electrons. The zero-order chi connectivity index (χ0) is 12.4. The van der Waals surface area contributed by atoms with Crippen molar-refractivity contribution in [2.45, 2.75) is 40.0 Å². The van der Waals surface area contributed by atoms with Crippen LogP contribution in [0.15, 0.2) is 11.6 Å². The molecule has 0 spiro atoms. The molecule has 0 saturated heterocycles. The van der Waals surface area contributed by atoms with Gasteiger partial charge in [0.1, 0.15) is 0 Å². The smallest absolute Gasteiger partial charge is 0.314 e. The molecule has 0 aromatic heterocycles. The molecule has 3 aliphatic carbocycles. The van der Waals surface area contributed by atoms with Crippen LogP contribution in [0.5, 0.6) is 0 Å². The zero-order valence-electron chi connectivity index (χ0n) is 10.9. The monoisotopic (exact) mass is 234 g/mol. The van der Waals surface area contributed by atoms with Crippen molar-refractivity contribution in [3.63, 3.8) is 0 Å². The van der Waals surface area contributed by atoms with Gasteiger partial charge in [-0.1, -0.05) is 32.4 Å². The molecule has 5 atom stereocenters. The van der Waals surface area contributed by atoms with Crippen LogP contribution >= 0.6 is 0 Å². The van der Waals surface area contributed by atoms with E-state index in [1.807, 2.05) is 0 Å². The molecule has 5 unspecified atom stereocenters. The molecule has 2 bridgehead atoms. The highest BCUT2D eigenvalue weighted by Gasteiger charge is 2.67. The molecule has 94 valence electrons. The van der Waals surface area contributed by atoms with Crippen molar-refractivity contribution in [3.8, 4) is 0 Å². The highest BCUT2D eigenvalue weighted by molar-refractivity contribution is 5.82. The first-order chi connectivity index (χ1) is 7.97. The standard InChI is InChI=1S/C15H22O2/c1-8(2)15(14(16)17)12-5-9(3)4-10-6-11(12)13(15)7-10/h5,8-11,13H,4,6-7H2,1-3H3,(H,16,17). The van der Waals surface area contributed by atoms with Crippen molar-refractivity contribution in [1.82, 2.24) is 0 Å². The molecule has 0 amide bonds. The van der Waals surface area contributed by atoms with Gasteiger partial charge in [0.2, 0.25) is 0 Å². The topological polar surface area (TPSA) is 37.3 Å². The number of aliphatic carboxylic acids is 1. The van der Waals surface area contributed by atoms with Crippen LogP contribution in [0.4, 0.5) is 0 Å². The van der Waals surface area contributed by atoms with Crippen LogP contribution in [0.25, 0.3) is 0 Å². The van der Waals surface area contributed by atoms with E-state index in [1.165, 1.54) is 18.4 Å². The van der Waals surface area contributed by atoms with Gasteiger partial charge in [0.05, 0.1) is 5.41 Å². The molecular formula is C15H22O2. The van der Waals surface area contributed by atoms with E-state index in [2.05, 4.69) is 26.8 Å². The first kappa shape index (κ1) is 11.3. The fourth-order valence-electron chi connectivity index (χ4n) is 5.06. The van der Waals surface area contributed by atoms with Crippen molar-refractivity contribution in [2.75, 3.05) is 0 Å². The summed E-state index contributed by atoms with van der Waals surface area (Å²) in [4.78, 5) is 11.9. The van der Waals surface area contributed by atoms with Crippen LogP contribution in [0.3, 0.4) is 0 Å². The maximum Gasteiger partial charge on any atom is 0.314 e. The number of carboxylic acids is 1. The lowest BCUT2D eigenvalue weighted by Gasteiger charge is -2.55. The minimum absolute atomic E-state index is 0.219. The minimum atomic E-state index is -0.574. The fraction of sp³-hybridized carbons (Fsp3) is 0.800. The minimum Gasteiger partial charge on any atom is -0.481 e. The largest absolute Gasteiger partial charge is 0.481 e. The summed E-state index contributed by atoms with van der Waals surface area (Å²) < 4.78 is 0. The molecule has 2 saturated carbocycles. The first-order valence-electron chi connectivity index (χ1n) is 6.93. The van der Waals surface area contributed by atoms with E-state index in [1.54, 1.807) is 0 Å². The molecule has 17 heavy (non-hydrogen) atoms. The number of hydrogen-bond donors (Lipinski definition) is 1.